The number of nitrogens with one attached hydrogen (secondary N) is 1. The van der Waals surface area contributed by atoms with E-state index < -0.39 is 0 Å². The maximum Gasteiger partial charge on any atom is 0.322 e. The molecule has 1 N–H and O–H groups in total. The van der Waals surface area contributed by atoms with E-state index in [1.165, 1.54) is 0 Å². The van der Waals surface area contributed by atoms with E-state index in [2.05, 4.69) is 15.5 Å². The van der Waals surface area contributed by atoms with Crippen LogP contribution in [0.4, 0.5) is 10.5 Å². The first-order chi connectivity index (χ1) is 10.8. The van der Waals surface area contributed by atoms with E-state index in [1.54, 1.807) is 22.1 Å². The van der Waals surface area contributed by atoms with E-state index in [4.69, 9.17) is 4.74 Å². The van der Waals surface area contributed by atoms with E-state index >= 15 is 0 Å². The molecule has 2 aromatic rings. The summed E-state index contributed by atoms with van der Waals surface area (Å²) in [5.41, 5.74) is 0.690. The third-order valence-corrected chi connectivity index (χ3v) is 3.64. The predicted molar refractivity (Wildman–Crippen MR) is 81.9 cm³/mol. The number of hydrogen-bond donors (Lipinski definition) is 1. The predicted octanol–water partition coefficient (Wildman–Crippen LogP) is 2.16. The fourth-order valence-electron chi connectivity index (χ4n) is 2.57. The summed E-state index contributed by atoms with van der Waals surface area (Å²) in [6, 6.07) is 7.46. The normalized spacial score (nSPS) is 17.5. The molecule has 2 amide bonds. The van der Waals surface area contributed by atoms with Crippen LogP contribution in [-0.4, -0.2) is 45.6 Å². The quantitative estimate of drug-likeness (QED) is 0.939. The zero-order valence-electron chi connectivity index (χ0n) is 12.5. The Labute approximate surface area is 128 Å². The van der Waals surface area contributed by atoms with Gasteiger partial charge in [0.25, 0.3) is 0 Å². The van der Waals surface area contributed by atoms with Crippen molar-refractivity contribution in [1.82, 2.24) is 19.9 Å². The zero-order chi connectivity index (χ0) is 15.4. The van der Waals surface area contributed by atoms with Crippen LogP contribution in [0.15, 0.2) is 36.7 Å². The van der Waals surface area contributed by atoms with E-state index in [1.807, 2.05) is 31.2 Å². The Morgan fingerprint density at radius 3 is 2.91 bits per heavy atom. The van der Waals surface area contributed by atoms with Gasteiger partial charge in [0.15, 0.2) is 0 Å². The van der Waals surface area contributed by atoms with Crippen LogP contribution in [0.2, 0.25) is 0 Å². The Hall–Kier alpha value is -2.57. The van der Waals surface area contributed by atoms with Crippen LogP contribution >= 0.6 is 0 Å². The average Bonchev–Trinajstić information content (AvgIpc) is 3.20. The average molecular weight is 301 g/mol. The number of urea groups is 1. The summed E-state index contributed by atoms with van der Waals surface area (Å²) < 4.78 is 5.52. The molecule has 1 fully saturated rings. The van der Waals surface area contributed by atoms with Crippen LogP contribution in [0.5, 0.6) is 5.75 Å². The van der Waals surface area contributed by atoms with Crippen molar-refractivity contribution < 1.29 is 9.53 Å². The molecule has 1 aliphatic rings. The van der Waals surface area contributed by atoms with Crippen LogP contribution in [0.25, 0.3) is 0 Å². The van der Waals surface area contributed by atoms with E-state index in [0.29, 0.717) is 31.1 Å². The van der Waals surface area contributed by atoms with Crippen LogP contribution in [0.1, 0.15) is 19.4 Å². The minimum atomic E-state index is -0.123. The summed E-state index contributed by atoms with van der Waals surface area (Å²) in [4.78, 5) is 15.8. The number of amides is 2. The third kappa shape index (κ3) is 3.03. The van der Waals surface area contributed by atoms with E-state index in [0.717, 1.165) is 6.42 Å². The standard InChI is InChI=1S/C15H19N5O2/c1-2-22-14-6-4-3-5-13(14)18-15(21)19-10-7-12(11-19)20-16-8-9-17-20/h3-6,8-9,12H,2,7,10-11H2,1H3,(H,18,21). The lowest BCUT2D eigenvalue weighted by Gasteiger charge is -2.18. The number of ether oxygens (including phenoxy) is 1. The molecular weight excluding hydrogens is 282 g/mol. The van der Waals surface area contributed by atoms with Crippen LogP contribution in [0, 0.1) is 0 Å². The van der Waals surface area contributed by atoms with Crippen molar-refractivity contribution in [2.24, 2.45) is 0 Å². The summed E-state index contributed by atoms with van der Waals surface area (Å²) in [5.74, 6) is 0.683. The maximum absolute atomic E-state index is 12.4. The smallest absolute Gasteiger partial charge is 0.322 e. The summed E-state index contributed by atoms with van der Waals surface area (Å²) >= 11 is 0. The molecule has 1 saturated heterocycles. The highest BCUT2D eigenvalue weighted by Gasteiger charge is 2.28. The Bertz CT molecular complexity index is 629. The van der Waals surface area contributed by atoms with Crippen LogP contribution in [0.3, 0.4) is 0 Å². The second-order valence-electron chi connectivity index (χ2n) is 5.10. The van der Waals surface area contributed by atoms with Gasteiger partial charge in [-0.15, -0.1) is 0 Å². The minimum Gasteiger partial charge on any atom is -0.492 e. The molecule has 1 aliphatic heterocycles. The van der Waals surface area contributed by atoms with E-state index in [9.17, 15) is 4.79 Å². The molecule has 0 spiro atoms. The molecule has 1 aromatic carbocycles. The number of anilines is 1. The second-order valence-corrected chi connectivity index (χ2v) is 5.10. The van der Waals surface area contributed by atoms with Crippen molar-refractivity contribution in [2.75, 3.05) is 25.0 Å². The molecule has 1 aromatic heterocycles. The summed E-state index contributed by atoms with van der Waals surface area (Å²) in [5, 5.41) is 11.2. The van der Waals surface area contributed by atoms with Gasteiger partial charge in [0.1, 0.15) is 5.75 Å². The molecule has 0 saturated carbocycles. The van der Waals surface area contributed by atoms with Gasteiger partial charge >= 0.3 is 6.03 Å². The van der Waals surface area contributed by atoms with Gasteiger partial charge in [-0.05, 0) is 25.5 Å². The molecule has 0 radical (unpaired) electrons. The van der Waals surface area contributed by atoms with Gasteiger partial charge in [-0.25, -0.2) is 4.79 Å². The van der Waals surface area contributed by atoms with Gasteiger partial charge in [-0.3, -0.25) is 0 Å². The molecule has 7 heteroatoms. The van der Waals surface area contributed by atoms with Crippen LogP contribution < -0.4 is 10.1 Å². The molecule has 0 aliphatic carbocycles. The van der Waals surface area contributed by atoms with Crippen molar-refractivity contribution >= 4 is 11.7 Å². The Morgan fingerprint density at radius 1 is 1.36 bits per heavy atom. The first-order valence-corrected chi connectivity index (χ1v) is 7.41. The van der Waals surface area contributed by atoms with E-state index in [-0.39, 0.29) is 12.1 Å². The van der Waals surface area contributed by atoms with Gasteiger partial charge in [0, 0.05) is 13.1 Å². The van der Waals surface area contributed by atoms with Crippen molar-refractivity contribution in [3.05, 3.63) is 36.7 Å². The highest BCUT2D eigenvalue weighted by atomic mass is 16.5. The Kier molecular flexibility index (Phi) is 4.22. The highest BCUT2D eigenvalue weighted by Crippen LogP contribution is 2.25. The maximum atomic E-state index is 12.4. The lowest BCUT2D eigenvalue weighted by Crippen LogP contribution is -2.33. The fraction of sp³-hybridized carbons (Fsp3) is 0.400. The van der Waals surface area contributed by atoms with Crippen molar-refractivity contribution in [3.63, 3.8) is 0 Å². The SMILES string of the molecule is CCOc1ccccc1NC(=O)N1CCC(n2nccn2)C1. The van der Waals surface area contributed by atoms with Gasteiger partial charge in [-0.2, -0.15) is 15.0 Å². The number of rotatable bonds is 4. The highest BCUT2D eigenvalue weighted by molar-refractivity contribution is 5.91. The number of carbonyl (C=O) groups excluding carboxylic acids is 1. The number of likely N-dealkylation sites (tertiary alicyclic amines) is 1. The van der Waals surface area contributed by atoms with Gasteiger partial charge < -0.3 is 15.0 Å². The zero-order valence-corrected chi connectivity index (χ0v) is 12.5. The molecule has 3 rings (SSSR count). The molecule has 7 nitrogen and oxygen atoms in total. The molecule has 2 heterocycles. The largest absolute Gasteiger partial charge is 0.492 e. The molecule has 1 atom stereocenters. The fourth-order valence-corrected chi connectivity index (χ4v) is 2.57. The summed E-state index contributed by atoms with van der Waals surface area (Å²) in [6.45, 7) is 3.77. The lowest BCUT2D eigenvalue weighted by atomic mass is 10.3. The number of nitrogens with zero attached hydrogens (tertiary/aromatic N) is 4. The first kappa shape index (κ1) is 14.4. The van der Waals surface area contributed by atoms with Crippen molar-refractivity contribution in [1.29, 1.82) is 0 Å². The second kappa shape index (κ2) is 6.46. The van der Waals surface area contributed by atoms with Gasteiger partial charge in [-0.1, -0.05) is 12.1 Å². The third-order valence-electron chi connectivity index (χ3n) is 3.64. The Morgan fingerprint density at radius 2 is 2.14 bits per heavy atom. The van der Waals surface area contributed by atoms with Crippen molar-refractivity contribution in [3.8, 4) is 5.75 Å². The number of carbonyl (C=O) groups is 1. The molecular formula is C15H19N5O2. The number of benzene rings is 1. The lowest BCUT2D eigenvalue weighted by molar-refractivity contribution is 0.219. The number of para-hydroxylation sites is 2. The van der Waals surface area contributed by atoms with Crippen LogP contribution in [-0.2, 0) is 0 Å². The molecule has 1 unspecified atom stereocenters. The number of aromatic nitrogens is 3. The number of hydrogen-bond acceptors (Lipinski definition) is 4. The first-order valence-electron chi connectivity index (χ1n) is 7.41. The molecule has 116 valence electrons. The van der Waals surface area contributed by atoms with Gasteiger partial charge in [0.05, 0.1) is 30.7 Å². The summed E-state index contributed by atoms with van der Waals surface area (Å²) in [6.07, 6.45) is 4.16. The summed E-state index contributed by atoms with van der Waals surface area (Å²) in [7, 11) is 0. The monoisotopic (exact) mass is 301 g/mol. The van der Waals surface area contributed by atoms with Crippen molar-refractivity contribution in [2.45, 2.75) is 19.4 Å². The minimum absolute atomic E-state index is 0.123. The molecule has 0 bridgehead atoms. The Balaban J connectivity index is 1.63. The topological polar surface area (TPSA) is 72.3 Å². The van der Waals surface area contributed by atoms with Gasteiger partial charge in [0.2, 0.25) is 0 Å². The molecule has 22 heavy (non-hydrogen) atoms.